The molecule has 0 aromatic heterocycles. The Bertz CT molecular complexity index is 246. The van der Waals surface area contributed by atoms with Crippen LogP contribution in [0.3, 0.4) is 0 Å². The van der Waals surface area contributed by atoms with Gasteiger partial charge in [0.05, 0.1) is 6.61 Å². The second-order valence-electron chi connectivity index (χ2n) is 3.01. The lowest BCUT2D eigenvalue weighted by Gasteiger charge is -2.05. The Morgan fingerprint density at radius 3 is 2.79 bits per heavy atom. The van der Waals surface area contributed by atoms with Crippen molar-refractivity contribution in [2.45, 2.75) is 6.42 Å². The van der Waals surface area contributed by atoms with E-state index in [2.05, 4.69) is 11.9 Å². The molecule has 76 valence electrons. The predicted molar refractivity (Wildman–Crippen MR) is 59.6 cm³/mol. The molecule has 0 atom stereocenters. The van der Waals surface area contributed by atoms with Crippen LogP contribution in [0.15, 0.2) is 43.0 Å². The van der Waals surface area contributed by atoms with E-state index in [9.17, 15) is 0 Å². The van der Waals surface area contributed by atoms with Gasteiger partial charge in [0.2, 0.25) is 0 Å². The van der Waals surface area contributed by atoms with E-state index in [1.807, 2.05) is 36.4 Å². The number of benzene rings is 1. The van der Waals surface area contributed by atoms with E-state index in [1.54, 1.807) is 0 Å². The Hall–Kier alpha value is -1.28. The molecule has 1 N–H and O–H groups in total. The Morgan fingerprint density at radius 2 is 2.07 bits per heavy atom. The second-order valence-corrected chi connectivity index (χ2v) is 3.01. The van der Waals surface area contributed by atoms with E-state index in [0.717, 1.165) is 31.9 Å². The van der Waals surface area contributed by atoms with Gasteiger partial charge in [-0.15, -0.1) is 6.58 Å². The smallest absolute Gasteiger partial charge is 0.119 e. The monoisotopic (exact) mass is 191 g/mol. The Kier molecular flexibility index (Phi) is 5.52. The molecule has 1 aromatic carbocycles. The third kappa shape index (κ3) is 4.67. The van der Waals surface area contributed by atoms with Crippen molar-refractivity contribution >= 4 is 0 Å². The van der Waals surface area contributed by atoms with Crippen LogP contribution < -0.4 is 10.1 Å². The van der Waals surface area contributed by atoms with Crippen molar-refractivity contribution in [1.29, 1.82) is 0 Å². The average Bonchev–Trinajstić information content (AvgIpc) is 2.25. The highest BCUT2D eigenvalue weighted by molar-refractivity contribution is 5.20. The van der Waals surface area contributed by atoms with E-state index >= 15 is 0 Å². The van der Waals surface area contributed by atoms with Gasteiger partial charge in [-0.3, -0.25) is 0 Å². The van der Waals surface area contributed by atoms with Crippen LogP contribution >= 0.6 is 0 Å². The first kappa shape index (κ1) is 10.8. The molecule has 0 spiro atoms. The Labute approximate surface area is 85.6 Å². The molecule has 0 saturated heterocycles. The van der Waals surface area contributed by atoms with Crippen molar-refractivity contribution < 1.29 is 4.74 Å². The van der Waals surface area contributed by atoms with Crippen LogP contribution in [0, 0.1) is 0 Å². The van der Waals surface area contributed by atoms with Crippen LogP contribution in [0.5, 0.6) is 5.75 Å². The highest BCUT2D eigenvalue weighted by Crippen LogP contribution is 2.07. The molecule has 0 amide bonds. The number of hydrogen-bond donors (Lipinski definition) is 1. The molecule has 14 heavy (non-hydrogen) atoms. The van der Waals surface area contributed by atoms with E-state index in [1.165, 1.54) is 0 Å². The minimum Gasteiger partial charge on any atom is -0.494 e. The lowest BCUT2D eigenvalue weighted by Crippen LogP contribution is -2.17. The molecule has 1 rings (SSSR count). The molecule has 0 aliphatic rings. The zero-order chi connectivity index (χ0) is 10.1. The summed E-state index contributed by atoms with van der Waals surface area (Å²) in [5.41, 5.74) is 0. The van der Waals surface area contributed by atoms with E-state index in [-0.39, 0.29) is 0 Å². The maximum Gasteiger partial charge on any atom is 0.119 e. The van der Waals surface area contributed by atoms with Crippen molar-refractivity contribution in [2.24, 2.45) is 0 Å². The maximum atomic E-state index is 5.52. The fraction of sp³-hybridized carbons (Fsp3) is 0.333. The first-order chi connectivity index (χ1) is 6.93. The summed E-state index contributed by atoms with van der Waals surface area (Å²) in [6, 6.07) is 9.88. The summed E-state index contributed by atoms with van der Waals surface area (Å²) in [5, 5.41) is 3.22. The predicted octanol–water partition coefficient (Wildman–Crippen LogP) is 2.23. The average molecular weight is 191 g/mol. The third-order valence-electron chi connectivity index (χ3n) is 1.80. The standard InChI is InChI=1S/C12H17NO/c1-2-9-13-10-6-11-14-12-7-4-3-5-8-12/h2-5,7-8,13H,1,6,9-11H2. The van der Waals surface area contributed by atoms with Crippen LogP contribution in [0.1, 0.15) is 6.42 Å². The van der Waals surface area contributed by atoms with Crippen LogP contribution in [-0.2, 0) is 0 Å². The molecule has 0 unspecified atom stereocenters. The largest absolute Gasteiger partial charge is 0.494 e. The van der Waals surface area contributed by atoms with Gasteiger partial charge in [-0.05, 0) is 25.1 Å². The molecular weight excluding hydrogens is 174 g/mol. The normalized spacial score (nSPS) is 9.71. The first-order valence-electron chi connectivity index (χ1n) is 4.93. The molecule has 2 heteroatoms. The summed E-state index contributed by atoms with van der Waals surface area (Å²) in [5.74, 6) is 0.941. The highest BCUT2D eigenvalue weighted by atomic mass is 16.5. The topological polar surface area (TPSA) is 21.3 Å². The van der Waals surface area contributed by atoms with Gasteiger partial charge in [-0.25, -0.2) is 0 Å². The zero-order valence-corrected chi connectivity index (χ0v) is 8.41. The van der Waals surface area contributed by atoms with Crippen LogP contribution in [0.2, 0.25) is 0 Å². The molecule has 0 heterocycles. The minimum atomic E-state index is 0.758. The fourth-order valence-electron chi connectivity index (χ4n) is 1.11. The van der Waals surface area contributed by atoms with Gasteiger partial charge in [0.25, 0.3) is 0 Å². The van der Waals surface area contributed by atoms with E-state index < -0.39 is 0 Å². The summed E-state index contributed by atoms with van der Waals surface area (Å²) < 4.78 is 5.52. The lowest BCUT2D eigenvalue weighted by atomic mass is 10.3. The second kappa shape index (κ2) is 7.15. The molecule has 0 aliphatic heterocycles. The fourth-order valence-corrected chi connectivity index (χ4v) is 1.11. The van der Waals surface area contributed by atoms with E-state index in [4.69, 9.17) is 4.74 Å². The minimum absolute atomic E-state index is 0.758. The molecule has 2 nitrogen and oxygen atoms in total. The van der Waals surface area contributed by atoms with Gasteiger partial charge >= 0.3 is 0 Å². The van der Waals surface area contributed by atoms with Crippen molar-refractivity contribution in [2.75, 3.05) is 19.7 Å². The number of rotatable bonds is 7. The van der Waals surface area contributed by atoms with Gasteiger partial charge in [0.15, 0.2) is 0 Å². The van der Waals surface area contributed by atoms with Crippen LogP contribution in [0.4, 0.5) is 0 Å². The summed E-state index contributed by atoms with van der Waals surface area (Å²) in [6.07, 6.45) is 2.88. The number of nitrogens with one attached hydrogen (secondary N) is 1. The Morgan fingerprint density at radius 1 is 1.29 bits per heavy atom. The van der Waals surface area contributed by atoms with Gasteiger partial charge in [-0.1, -0.05) is 24.3 Å². The summed E-state index contributed by atoms with van der Waals surface area (Å²) >= 11 is 0. The molecular formula is C12H17NO. The van der Waals surface area contributed by atoms with Crippen molar-refractivity contribution in [3.63, 3.8) is 0 Å². The lowest BCUT2D eigenvalue weighted by molar-refractivity contribution is 0.309. The molecule has 0 fully saturated rings. The van der Waals surface area contributed by atoms with Gasteiger partial charge in [0, 0.05) is 6.54 Å². The summed E-state index contributed by atoms with van der Waals surface area (Å²) in [6.45, 7) is 6.23. The quantitative estimate of drug-likeness (QED) is 0.527. The molecule has 0 aliphatic carbocycles. The summed E-state index contributed by atoms with van der Waals surface area (Å²) in [7, 11) is 0. The van der Waals surface area contributed by atoms with Gasteiger partial charge < -0.3 is 10.1 Å². The molecule has 0 bridgehead atoms. The van der Waals surface area contributed by atoms with Gasteiger partial charge in [-0.2, -0.15) is 0 Å². The van der Waals surface area contributed by atoms with E-state index in [0.29, 0.717) is 0 Å². The van der Waals surface area contributed by atoms with Crippen LogP contribution in [0.25, 0.3) is 0 Å². The van der Waals surface area contributed by atoms with Crippen molar-refractivity contribution in [3.8, 4) is 5.75 Å². The van der Waals surface area contributed by atoms with Crippen LogP contribution in [-0.4, -0.2) is 19.7 Å². The third-order valence-corrected chi connectivity index (χ3v) is 1.80. The number of hydrogen-bond acceptors (Lipinski definition) is 2. The zero-order valence-electron chi connectivity index (χ0n) is 8.41. The first-order valence-corrected chi connectivity index (χ1v) is 4.93. The molecule has 1 aromatic rings. The number of para-hydroxylation sites is 1. The van der Waals surface area contributed by atoms with Gasteiger partial charge in [0.1, 0.15) is 5.75 Å². The number of ether oxygens (including phenoxy) is 1. The van der Waals surface area contributed by atoms with Crippen molar-refractivity contribution in [3.05, 3.63) is 43.0 Å². The SMILES string of the molecule is C=CCNCCCOc1ccccc1. The Balaban J connectivity index is 2.02. The molecule has 0 radical (unpaired) electrons. The molecule has 0 saturated carbocycles. The maximum absolute atomic E-state index is 5.52. The highest BCUT2D eigenvalue weighted by Gasteiger charge is 1.90. The summed E-state index contributed by atoms with van der Waals surface area (Å²) in [4.78, 5) is 0. The van der Waals surface area contributed by atoms with Crippen molar-refractivity contribution in [1.82, 2.24) is 5.32 Å².